The highest BCUT2D eigenvalue weighted by molar-refractivity contribution is 7.32. The van der Waals surface area contributed by atoms with Gasteiger partial charge in [-0.2, -0.15) is 8.78 Å². The number of alkyl halides is 2. The standard InChI is InChI=1S/C42H48F2N5O10P/c1-2-26-11-16-30(17-12-26)39(54)46-21-7-6-10-32(38(45)53)48-41(56)34(23-28-13-18-31(19-14-28)42(43,44)59-60(57)58)49-40(55)33(22-27-8-4-3-5-9-27)47-37(52)25-29-15-20-35(50)36(51)24-29/h3-5,8-9,11-20,24,32-34,50-51,60H,2,6-7,10,21-23,25H2,1H3,(H2,45,53)(H,46,54)(H,47,52)(H,48,56)(H,49,55)(H,57,58). The molecule has 0 aliphatic rings. The molecule has 0 bridgehead atoms. The lowest BCUT2D eigenvalue weighted by molar-refractivity contribution is -0.185. The van der Waals surface area contributed by atoms with Crippen LogP contribution in [-0.2, 0) is 60.1 Å². The first kappa shape index (κ1) is 46.5. The first-order valence-electron chi connectivity index (χ1n) is 19.0. The van der Waals surface area contributed by atoms with Crippen LogP contribution in [0.4, 0.5) is 8.78 Å². The molecule has 15 nitrogen and oxygen atoms in total. The summed E-state index contributed by atoms with van der Waals surface area (Å²) in [6.07, 6.45) is -3.06. The van der Waals surface area contributed by atoms with Gasteiger partial charge in [-0.15, -0.1) is 0 Å². The molecule has 4 rings (SSSR count). The number of carbonyl (C=O) groups is 5. The van der Waals surface area contributed by atoms with Crippen LogP contribution in [0.2, 0.25) is 0 Å². The third-order valence-corrected chi connectivity index (χ3v) is 9.84. The van der Waals surface area contributed by atoms with E-state index in [1.54, 1.807) is 42.5 Å². The Bertz CT molecular complexity index is 2130. The molecule has 320 valence electrons. The van der Waals surface area contributed by atoms with Gasteiger partial charge in [0.15, 0.2) is 11.5 Å². The van der Waals surface area contributed by atoms with Crippen LogP contribution in [0.25, 0.3) is 0 Å². The van der Waals surface area contributed by atoms with Gasteiger partial charge < -0.3 is 42.1 Å². The summed E-state index contributed by atoms with van der Waals surface area (Å²) in [7, 11) is -4.01. The van der Waals surface area contributed by atoms with E-state index in [0.29, 0.717) is 29.5 Å². The second-order valence-corrected chi connectivity index (χ2v) is 14.7. The number of unbranched alkanes of at least 4 members (excludes halogenated alkanes) is 1. The quantitative estimate of drug-likeness (QED) is 0.0324. The van der Waals surface area contributed by atoms with E-state index < -0.39 is 67.4 Å². The topological polar surface area (TPSA) is 246 Å². The van der Waals surface area contributed by atoms with Crippen LogP contribution < -0.4 is 27.0 Å². The number of hydrogen-bond acceptors (Lipinski definition) is 9. The summed E-state index contributed by atoms with van der Waals surface area (Å²) in [5, 5.41) is 30.2. The fourth-order valence-electron chi connectivity index (χ4n) is 6.12. The molecule has 4 aromatic carbocycles. The number of phenols is 2. The molecule has 0 radical (unpaired) electrons. The zero-order valence-electron chi connectivity index (χ0n) is 32.7. The Labute approximate surface area is 345 Å². The summed E-state index contributed by atoms with van der Waals surface area (Å²) >= 11 is 0. The number of benzene rings is 4. The van der Waals surface area contributed by atoms with Crippen LogP contribution in [0, 0.1) is 0 Å². The van der Waals surface area contributed by atoms with E-state index in [1.807, 2.05) is 19.1 Å². The monoisotopic (exact) mass is 851 g/mol. The molecule has 0 aliphatic carbocycles. The second kappa shape index (κ2) is 22.3. The normalized spacial score (nSPS) is 13.3. The number of halogens is 2. The van der Waals surface area contributed by atoms with Gasteiger partial charge in [0.1, 0.15) is 18.1 Å². The van der Waals surface area contributed by atoms with Gasteiger partial charge in [-0.1, -0.05) is 79.7 Å². The van der Waals surface area contributed by atoms with Crippen LogP contribution in [0.15, 0.2) is 97.1 Å². The van der Waals surface area contributed by atoms with Gasteiger partial charge in [0.05, 0.1) is 12.0 Å². The molecule has 9 N–H and O–H groups in total. The van der Waals surface area contributed by atoms with E-state index in [9.17, 15) is 47.5 Å². The molecule has 0 spiro atoms. The SMILES string of the molecule is CCc1ccc(C(=O)NCCCCC(NC(=O)C(Cc2ccc(C(F)(F)O[PH](=O)O)cc2)NC(=O)C(Cc2ccccc2)NC(=O)Cc2ccc(O)c(O)c2)C(N)=O)cc1. The molecule has 4 atom stereocenters. The van der Waals surface area contributed by atoms with Crippen molar-refractivity contribution in [2.24, 2.45) is 5.73 Å². The molecule has 4 unspecified atom stereocenters. The molecule has 5 amide bonds. The Morgan fingerprint density at radius 2 is 1.30 bits per heavy atom. The Morgan fingerprint density at radius 3 is 1.88 bits per heavy atom. The predicted octanol–water partition coefficient (Wildman–Crippen LogP) is 3.68. The lowest BCUT2D eigenvalue weighted by Gasteiger charge is -2.25. The lowest BCUT2D eigenvalue weighted by atomic mass is 10.0. The Balaban J connectivity index is 1.51. The minimum Gasteiger partial charge on any atom is -0.504 e. The molecule has 0 saturated heterocycles. The zero-order chi connectivity index (χ0) is 43.8. The van der Waals surface area contributed by atoms with Crippen LogP contribution in [-0.4, -0.2) is 69.3 Å². The summed E-state index contributed by atoms with van der Waals surface area (Å²) in [5.41, 5.74) is 7.69. The van der Waals surface area contributed by atoms with Crippen molar-refractivity contribution >= 4 is 37.8 Å². The highest BCUT2D eigenvalue weighted by Crippen LogP contribution is 2.37. The number of aromatic hydroxyl groups is 2. The number of nitrogens with two attached hydrogens (primary N) is 1. The maximum atomic E-state index is 14.4. The fraction of sp³-hybridized carbons (Fsp3) is 0.310. The largest absolute Gasteiger partial charge is 0.504 e. The summed E-state index contributed by atoms with van der Waals surface area (Å²) in [5.74, 6) is -4.31. The van der Waals surface area contributed by atoms with E-state index in [4.69, 9.17) is 10.6 Å². The number of hydrogen-bond donors (Lipinski definition) is 8. The molecule has 0 heterocycles. The third-order valence-electron chi connectivity index (χ3n) is 9.41. The van der Waals surface area contributed by atoms with E-state index in [-0.39, 0.29) is 49.4 Å². The second-order valence-electron chi connectivity index (χ2n) is 13.9. The van der Waals surface area contributed by atoms with Crippen LogP contribution in [0.3, 0.4) is 0 Å². The van der Waals surface area contributed by atoms with Gasteiger partial charge in [0.25, 0.3) is 5.91 Å². The van der Waals surface area contributed by atoms with Gasteiger partial charge in [0, 0.05) is 24.9 Å². The van der Waals surface area contributed by atoms with Crippen molar-refractivity contribution in [2.45, 2.75) is 76.1 Å². The fourth-order valence-corrected chi connectivity index (χ4v) is 6.45. The van der Waals surface area contributed by atoms with Crippen LogP contribution >= 0.6 is 8.25 Å². The number of amides is 5. The van der Waals surface area contributed by atoms with Crippen molar-refractivity contribution in [3.05, 3.63) is 130 Å². The molecule has 18 heteroatoms. The first-order chi connectivity index (χ1) is 28.5. The minimum atomic E-state index is -4.10. The van der Waals surface area contributed by atoms with Crippen molar-refractivity contribution in [1.29, 1.82) is 0 Å². The molecule has 0 aliphatic heterocycles. The van der Waals surface area contributed by atoms with Crippen LogP contribution in [0.5, 0.6) is 11.5 Å². The first-order valence-corrected chi connectivity index (χ1v) is 20.3. The Hall–Kier alpha value is -6.16. The molecule has 0 fully saturated rings. The van der Waals surface area contributed by atoms with Crippen molar-refractivity contribution in [3.8, 4) is 11.5 Å². The average molecular weight is 852 g/mol. The van der Waals surface area contributed by atoms with Crippen molar-refractivity contribution in [3.63, 3.8) is 0 Å². The van der Waals surface area contributed by atoms with E-state index in [0.717, 1.165) is 24.1 Å². The predicted molar refractivity (Wildman–Crippen MR) is 217 cm³/mol. The number of carbonyl (C=O) groups excluding carboxylic acids is 5. The van der Waals surface area contributed by atoms with Gasteiger partial charge in [0.2, 0.25) is 23.6 Å². The van der Waals surface area contributed by atoms with Crippen molar-refractivity contribution in [1.82, 2.24) is 21.3 Å². The number of primary amides is 1. The highest BCUT2D eigenvalue weighted by Gasteiger charge is 2.35. The molecular weight excluding hydrogens is 803 g/mol. The van der Waals surface area contributed by atoms with E-state index in [2.05, 4.69) is 25.8 Å². The third kappa shape index (κ3) is 14.6. The average Bonchev–Trinajstić information content (AvgIpc) is 3.21. The smallest absolute Gasteiger partial charge is 0.389 e. The highest BCUT2D eigenvalue weighted by atomic mass is 31.1. The number of phenolic OH excluding ortho intramolecular Hbond substituents is 2. The molecular formula is C42H48F2N5O10P. The summed E-state index contributed by atoms with van der Waals surface area (Å²) < 4.78 is 43.6. The maximum absolute atomic E-state index is 14.4. The maximum Gasteiger partial charge on any atom is 0.389 e. The van der Waals surface area contributed by atoms with Gasteiger partial charge >= 0.3 is 14.4 Å². The number of rotatable bonds is 22. The van der Waals surface area contributed by atoms with E-state index >= 15 is 0 Å². The number of nitrogens with one attached hydrogen (secondary N) is 4. The minimum absolute atomic E-state index is 0.0319. The molecule has 4 aromatic rings. The number of aryl methyl sites for hydroxylation is 1. The van der Waals surface area contributed by atoms with Crippen LogP contribution in [0.1, 0.15) is 64.4 Å². The van der Waals surface area contributed by atoms with Crippen molar-refractivity contribution < 1.29 is 56.9 Å². The van der Waals surface area contributed by atoms with Gasteiger partial charge in [-0.25, -0.2) is 4.52 Å². The molecule has 60 heavy (non-hydrogen) atoms. The Morgan fingerprint density at radius 1 is 0.733 bits per heavy atom. The molecule has 0 aromatic heterocycles. The molecule has 0 saturated carbocycles. The van der Waals surface area contributed by atoms with Gasteiger partial charge in [-0.3, -0.25) is 28.5 Å². The summed E-state index contributed by atoms with van der Waals surface area (Å²) in [6, 6.07) is 19.9. The summed E-state index contributed by atoms with van der Waals surface area (Å²) in [4.78, 5) is 75.1. The van der Waals surface area contributed by atoms with E-state index in [1.165, 1.54) is 30.3 Å². The lowest BCUT2D eigenvalue weighted by Crippen LogP contribution is -2.57. The summed E-state index contributed by atoms with van der Waals surface area (Å²) in [6.45, 7) is 2.27. The zero-order valence-corrected chi connectivity index (χ0v) is 33.7. The van der Waals surface area contributed by atoms with Crippen molar-refractivity contribution in [2.75, 3.05) is 6.54 Å². The Kier molecular flexibility index (Phi) is 17.3. The van der Waals surface area contributed by atoms with Gasteiger partial charge in [-0.05, 0) is 72.2 Å².